The molecule has 0 aliphatic carbocycles. The third-order valence-electron chi connectivity index (χ3n) is 2.90. The maximum Gasteiger partial charge on any atom is 0.296 e. The van der Waals surface area contributed by atoms with Gasteiger partial charge in [-0.25, -0.2) is 8.42 Å². The number of halogens is 1. The summed E-state index contributed by atoms with van der Waals surface area (Å²) in [5, 5.41) is 2.45. The van der Waals surface area contributed by atoms with Crippen molar-refractivity contribution in [2.75, 3.05) is 16.8 Å². The Morgan fingerprint density at radius 2 is 1.96 bits per heavy atom. The third kappa shape index (κ3) is 5.98. The molecular formula is C12H17ClN2O6S2. The van der Waals surface area contributed by atoms with E-state index >= 15 is 0 Å². The van der Waals surface area contributed by atoms with Gasteiger partial charge in [-0.2, -0.15) is 8.42 Å². The second-order valence-corrected chi connectivity index (χ2v) is 9.53. The molecule has 130 valence electrons. The second kappa shape index (κ2) is 7.47. The van der Waals surface area contributed by atoms with Crippen LogP contribution in [0.15, 0.2) is 23.1 Å². The molecule has 0 aliphatic rings. The highest BCUT2D eigenvalue weighted by Gasteiger charge is 2.18. The molecular weight excluding hydrogens is 368 g/mol. The number of carbonyl (C=O) groups excluding carboxylic acids is 1. The van der Waals surface area contributed by atoms with Crippen molar-refractivity contribution in [1.82, 2.24) is 0 Å². The lowest BCUT2D eigenvalue weighted by Gasteiger charge is -2.09. The number of hydrogen-bond acceptors (Lipinski definition) is 6. The van der Waals surface area contributed by atoms with E-state index < -0.39 is 35.5 Å². The minimum atomic E-state index is -4.43. The Kier molecular flexibility index (Phi) is 6.40. The second-order valence-electron chi connectivity index (χ2n) is 4.79. The molecule has 0 aliphatic heterocycles. The van der Waals surface area contributed by atoms with Crippen LogP contribution in [0.5, 0.6) is 0 Å². The van der Waals surface area contributed by atoms with Gasteiger partial charge in [0.15, 0.2) is 9.84 Å². The van der Waals surface area contributed by atoms with Crippen LogP contribution in [0.25, 0.3) is 0 Å². The van der Waals surface area contributed by atoms with E-state index in [0.29, 0.717) is 0 Å². The van der Waals surface area contributed by atoms with Gasteiger partial charge in [0, 0.05) is 12.1 Å². The minimum absolute atomic E-state index is 0.0528. The number of nitrogen functional groups attached to an aromatic ring is 1. The van der Waals surface area contributed by atoms with Crippen LogP contribution in [0.4, 0.5) is 11.4 Å². The number of benzene rings is 1. The summed E-state index contributed by atoms with van der Waals surface area (Å²) in [5.74, 6) is -0.670. The summed E-state index contributed by atoms with van der Waals surface area (Å²) >= 11 is 5.51. The molecule has 0 fully saturated rings. The lowest BCUT2D eigenvalue weighted by Crippen LogP contribution is -2.18. The lowest BCUT2D eigenvalue weighted by atomic mass is 10.2. The molecule has 1 aromatic rings. The van der Waals surface area contributed by atoms with Crippen LogP contribution in [0.1, 0.15) is 19.8 Å². The van der Waals surface area contributed by atoms with E-state index in [1.165, 1.54) is 19.1 Å². The molecule has 0 spiro atoms. The van der Waals surface area contributed by atoms with Crippen molar-refractivity contribution in [2.45, 2.75) is 29.4 Å². The zero-order chi connectivity index (χ0) is 17.8. The van der Waals surface area contributed by atoms with Crippen molar-refractivity contribution in [3.05, 3.63) is 18.2 Å². The number of hydrogen-bond donors (Lipinski definition) is 3. The van der Waals surface area contributed by atoms with E-state index in [4.69, 9.17) is 21.9 Å². The van der Waals surface area contributed by atoms with E-state index in [1.807, 2.05) is 0 Å². The minimum Gasteiger partial charge on any atom is -0.398 e. The highest BCUT2D eigenvalue weighted by atomic mass is 35.5. The first-order valence-electron chi connectivity index (χ1n) is 6.46. The Hall–Kier alpha value is -1.36. The largest absolute Gasteiger partial charge is 0.398 e. The lowest BCUT2D eigenvalue weighted by molar-refractivity contribution is -0.116. The Labute approximate surface area is 139 Å². The maximum absolute atomic E-state index is 11.7. The quantitative estimate of drug-likeness (QED) is 0.364. The first-order chi connectivity index (χ1) is 10.4. The topological polar surface area (TPSA) is 144 Å². The molecule has 11 heteroatoms. The van der Waals surface area contributed by atoms with Crippen LogP contribution in [0.2, 0.25) is 0 Å². The predicted octanol–water partition coefficient (Wildman–Crippen LogP) is 1.23. The fourth-order valence-electron chi connectivity index (χ4n) is 1.68. The summed E-state index contributed by atoms with van der Waals surface area (Å²) in [6.45, 7) is 1.34. The fraction of sp³-hybridized carbons (Fsp3) is 0.417. The molecule has 1 atom stereocenters. The highest BCUT2D eigenvalue weighted by molar-refractivity contribution is 7.93. The average molecular weight is 385 g/mol. The first-order valence-corrected chi connectivity index (χ1v) is 10.0. The van der Waals surface area contributed by atoms with Crippen molar-refractivity contribution in [1.29, 1.82) is 0 Å². The molecule has 0 heterocycles. The van der Waals surface area contributed by atoms with E-state index in [1.54, 1.807) is 0 Å². The number of alkyl halides is 1. The smallest absolute Gasteiger partial charge is 0.296 e. The number of nitrogens with two attached hydrogens (primary N) is 1. The molecule has 1 amide bonds. The van der Waals surface area contributed by atoms with Gasteiger partial charge in [0.1, 0.15) is 9.60 Å². The molecule has 0 saturated carbocycles. The summed E-state index contributed by atoms with van der Waals surface area (Å²) in [6, 6.07) is 3.49. The predicted molar refractivity (Wildman–Crippen MR) is 87.6 cm³/mol. The molecule has 1 unspecified atom stereocenters. The van der Waals surface area contributed by atoms with E-state index in [0.717, 1.165) is 6.07 Å². The van der Waals surface area contributed by atoms with Gasteiger partial charge in [0.2, 0.25) is 5.91 Å². The van der Waals surface area contributed by atoms with Crippen LogP contribution in [-0.2, 0) is 24.7 Å². The van der Waals surface area contributed by atoms with Gasteiger partial charge in [-0.1, -0.05) is 0 Å². The van der Waals surface area contributed by atoms with Crippen molar-refractivity contribution in [2.24, 2.45) is 0 Å². The normalized spacial score (nSPS) is 13.5. The van der Waals surface area contributed by atoms with Crippen LogP contribution in [-0.4, -0.2) is 37.8 Å². The average Bonchev–Trinajstić information content (AvgIpc) is 2.36. The van der Waals surface area contributed by atoms with Crippen LogP contribution in [0, 0.1) is 0 Å². The monoisotopic (exact) mass is 384 g/mol. The van der Waals surface area contributed by atoms with E-state index in [-0.39, 0.29) is 30.0 Å². The molecule has 0 bridgehead atoms. The Balaban J connectivity index is 2.64. The van der Waals surface area contributed by atoms with Crippen molar-refractivity contribution in [3.8, 4) is 0 Å². The number of amides is 1. The Morgan fingerprint density at radius 1 is 1.35 bits per heavy atom. The van der Waals surface area contributed by atoms with Gasteiger partial charge < -0.3 is 11.1 Å². The molecule has 0 aromatic heterocycles. The molecule has 4 N–H and O–H groups in total. The number of carbonyl (C=O) groups is 1. The maximum atomic E-state index is 11.7. The Morgan fingerprint density at radius 3 is 2.43 bits per heavy atom. The van der Waals surface area contributed by atoms with Gasteiger partial charge in [-0.05, 0) is 31.5 Å². The summed E-state index contributed by atoms with van der Waals surface area (Å²) in [6.07, 6.45) is 0.0482. The summed E-state index contributed by atoms with van der Waals surface area (Å²) in [4.78, 5) is 11.3. The van der Waals surface area contributed by atoms with Gasteiger partial charge in [-0.15, -0.1) is 11.6 Å². The van der Waals surface area contributed by atoms with Gasteiger partial charge in [0.25, 0.3) is 10.1 Å². The molecule has 1 aromatic carbocycles. The van der Waals surface area contributed by atoms with Crippen molar-refractivity contribution in [3.63, 3.8) is 0 Å². The Bertz CT molecular complexity index is 790. The van der Waals surface area contributed by atoms with Crippen molar-refractivity contribution >= 4 is 48.8 Å². The fourth-order valence-corrected chi connectivity index (χ4v) is 3.42. The molecule has 8 nitrogen and oxygen atoms in total. The standard InChI is InChI=1S/C12H17ClN2O6S2/c1-8(13)22(17,18)6-2-3-12(16)15-9-4-5-11(10(14)7-9)23(19,20)21/h4-5,7-8H,2-3,6,14H2,1H3,(H,15,16)(H,19,20,21). The molecule has 1 rings (SSSR count). The summed E-state index contributed by atoms with van der Waals surface area (Å²) in [7, 11) is -7.86. The van der Waals surface area contributed by atoms with Gasteiger partial charge >= 0.3 is 0 Å². The first kappa shape index (κ1) is 19.7. The van der Waals surface area contributed by atoms with Gasteiger partial charge in [0.05, 0.1) is 11.4 Å². The van der Waals surface area contributed by atoms with Crippen LogP contribution >= 0.6 is 11.6 Å². The molecule has 23 heavy (non-hydrogen) atoms. The molecule has 0 radical (unpaired) electrons. The van der Waals surface area contributed by atoms with Crippen molar-refractivity contribution < 1.29 is 26.2 Å². The van der Waals surface area contributed by atoms with E-state index in [9.17, 15) is 21.6 Å². The zero-order valence-electron chi connectivity index (χ0n) is 12.2. The number of rotatable bonds is 7. The number of sulfone groups is 1. The molecule has 0 saturated heterocycles. The summed E-state index contributed by atoms with van der Waals surface area (Å²) in [5.41, 5.74) is 5.50. The third-order valence-corrected chi connectivity index (χ3v) is 6.49. The van der Waals surface area contributed by atoms with E-state index in [2.05, 4.69) is 5.32 Å². The SMILES string of the molecule is CC(Cl)S(=O)(=O)CCCC(=O)Nc1ccc(S(=O)(=O)O)c(N)c1. The highest BCUT2D eigenvalue weighted by Crippen LogP contribution is 2.22. The van der Waals surface area contributed by atoms with Crippen LogP contribution < -0.4 is 11.1 Å². The number of nitrogens with one attached hydrogen (secondary N) is 1. The number of anilines is 2. The van der Waals surface area contributed by atoms with Crippen LogP contribution in [0.3, 0.4) is 0 Å². The van der Waals surface area contributed by atoms with Gasteiger partial charge in [-0.3, -0.25) is 9.35 Å². The summed E-state index contributed by atoms with van der Waals surface area (Å²) < 4.78 is 52.9. The zero-order valence-corrected chi connectivity index (χ0v) is 14.6.